The average molecular weight is 243 g/mol. The summed E-state index contributed by atoms with van der Waals surface area (Å²) in [4.78, 5) is 12.4. The maximum Gasteiger partial charge on any atom is 0.265 e. The van der Waals surface area contributed by atoms with Crippen LogP contribution in [0.3, 0.4) is 0 Å². The van der Waals surface area contributed by atoms with E-state index in [9.17, 15) is 9.90 Å². The van der Waals surface area contributed by atoms with Gasteiger partial charge in [0.05, 0.1) is 13.2 Å². The van der Waals surface area contributed by atoms with Crippen LogP contribution in [0, 0.1) is 0 Å². The van der Waals surface area contributed by atoms with E-state index in [0.29, 0.717) is 17.0 Å². The molecule has 2 atom stereocenters. The van der Waals surface area contributed by atoms with Crippen LogP contribution in [-0.4, -0.2) is 30.3 Å². The minimum absolute atomic E-state index is 0.0562. The molecule has 2 N–H and O–H groups in total. The van der Waals surface area contributed by atoms with E-state index in [1.165, 1.54) is 18.4 Å². The Morgan fingerprint density at radius 3 is 2.88 bits per heavy atom. The van der Waals surface area contributed by atoms with E-state index in [1.807, 2.05) is 12.3 Å². The van der Waals surface area contributed by atoms with Crippen molar-refractivity contribution in [2.24, 2.45) is 0 Å². The van der Waals surface area contributed by atoms with Crippen LogP contribution in [0.25, 0.3) is 0 Å². The third kappa shape index (κ3) is 3.50. The lowest BCUT2D eigenvalue weighted by molar-refractivity contribution is 0.0924. The molecule has 0 radical (unpaired) electrons. The van der Waals surface area contributed by atoms with Crippen molar-refractivity contribution >= 4 is 17.2 Å². The molecule has 1 amide bonds. The molecule has 0 saturated heterocycles. The van der Waals surface area contributed by atoms with Crippen LogP contribution < -0.4 is 10.1 Å². The minimum atomic E-state index is -0.416. The number of methoxy groups -OCH3 is 1. The normalized spacial score (nSPS) is 14.2. The fourth-order valence-electron chi connectivity index (χ4n) is 1.48. The van der Waals surface area contributed by atoms with Gasteiger partial charge in [0, 0.05) is 6.04 Å². The van der Waals surface area contributed by atoms with Crippen molar-refractivity contribution in [1.82, 2.24) is 5.32 Å². The van der Waals surface area contributed by atoms with E-state index < -0.39 is 6.10 Å². The number of carbonyl (C=O) groups excluding carboxylic acids is 1. The Morgan fingerprint density at radius 1 is 1.62 bits per heavy atom. The Labute approximate surface area is 99.2 Å². The lowest BCUT2D eigenvalue weighted by Crippen LogP contribution is -2.34. The molecule has 5 heteroatoms. The number of aliphatic hydroxyl groups excluding tert-OH is 1. The Kier molecular flexibility index (Phi) is 4.76. The molecule has 4 nitrogen and oxygen atoms in total. The van der Waals surface area contributed by atoms with E-state index in [4.69, 9.17) is 4.74 Å². The van der Waals surface area contributed by atoms with Crippen LogP contribution in [0.5, 0.6) is 5.75 Å². The predicted octanol–water partition coefficient (Wildman–Crippen LogP) is 1.65. The van der Waals surface area contributed by atoms with Gasteiger partial charge in [-0.15, -0.1) is 11.3 Å². The highest BCUT2D eigenvalue weighted by Crippen LogP contribution is 2.24. The molecule has 1 rings (SSSR count). The largest absolute Gasteiger partial charge is 0.495 e. The van der Waals surface area contributed by atoms with Crippen LogP contribution in [0.1, 0.15) is 29.9 Å². The SMILES string of the molecule is COc1ccsc1C(=O)NC(C)CC(C)O. The van der Waals surface area contributed by atoms with E-state index in [2.05, 4.69) is 5.32 Å². The summed E-state index contributed by atoms with van der Waals surface area (Å²) in [6, 6.07) is 1.71. The third-order valence-corrected chi connectivity index (χ3v) is 3.02. The zero-order chi connectivity index (χ0) is 12.1. The summed E-state index contributed by atoms with van der Waals surface area (Å²) in [6.07, 6.45) is 0.125. The second kappa shape index (κ2) is 5.86. The topological polar surface area (TPSA) is 58.6 Å². The molecule has 0 aliphatic rings. The van der Waals surface area contributed by atoms with Crippen LogP contribution in [0.15, 0.2) is 11.4 Å². The van der Waals surface area contributed by atoms with Crippen molar-refractivity contribution in [3.63, 3.8) is 0 Å². The molecule has 1 aromatic heterocycles. The van der Waals surface area contributed by atoms with E-state index in [0.717, 1.165) is 0 Å². The first-order valence-electron chi connectivity index (χ1n) is 5.15. The maximum atomic E-state index is 11.8. The molecule has 90 valence electrons. The summed E-state index contributed by atoms with van der Waals surface area (Å²) in [7, 11) is 1.54. The molecule has 0 saturated carbocycles. The molecule has 0 bridgehead atoms. The van der Waals surface area contributed by atoms with Crippen molar-refractivity contribution < 1.29 is 14.6 Å². The fraction of sp³-hybridized carbons (Fsp3) is 0.545. The number of hydrogen-bond acceptors (Lipinski definition) is 4. The quantitative estimate of drug-likeness (QED) is 0.826. The molecule has 0 aliphatic heterocycles. The zero-order valence-corrected chi connectivity index (χ0v) is 10.5. The van der Waals surface area contributed by atoms with Crippen molar-refractivity contribution in [1.29, 1.82) is 0 Å². The summed E-state index contributed by atoms with van der Waals surface area (Å²) in [5, 5.41) is 13.8. The van der Waals surface area contributed by atoms with Gasteiger partial charge in [-0.25, -0.2) is 0 Å². The van der Waals surface area contributed by atoms with Gasteiger partial charge in [-0.3, -0.25) is 4.79 Å². The Bertz CT molecular complexity index is 349. The molecular weight excluding hydrogens is 226 g/mol. The molecule has 0 spiro atoms. The van der Waals surface area contributed by atoms with Gasteiger partial charge in [-0.05, 0) is 31.7 Å². The van der Waals surface area contributed by atoms with Crippen molar-refractivity contribution in [3.8, 4) is 5.75 Å². The zero-order valence-electron chi connectivity index (χ0n) is 9.69. The molecule has 2 unspecified atom stereocenters. The van der Waals surface area contributed by atoms with Gasteiger partial charge >= 0.3 is 0 Å². The second-order valence-corrected chi connectivity index (χ2v) is 4.69. The Balaban J connectivity index is 2.58. The van der Waals surface area contributed by atoms with Gasteiger partial charge in [0.25, 0.3) is 5.91 Å². The highest BCUT2D eigenvalue weighted by atomic mass is 32.1. The number of thiophene rings is 1. The summed E-state index contributed by atoms with van der Waals surface area (Å²) < 4.78 is 5.07. The van der Waals surface area contributed by atoms with Crippen molar-refractivity contribution in [3.05, 3.63) is 16.3 Å². The first-order chi connectivity index (χ1) is 7.54. The number of rotatable bonds is 5. The van der Waals surface area contributed by atoms with Crippen LogP contribution >= 0.6 is 11.3 Å². The van der Waals surface area contributed by atoms with Crippen LogP contribution in [0.2, 0.25) is 0 Å². The van der Waals surface area contributed by atoms with Gasteiger partial charge in [-0.1, -0.05) is 0 Å². The maximum absolute atomic E-state index is 11.8. The average Bonchev–Trinajstić information content (AvgIpc) is 2.63. The number of aliphatic hydroxyl groups is 1. The van der Waals surface area contributed by atoms with E-state index >= 15 is 0 Å². The standard InChI is InChI=1S/C11H17NO3S/c1-7(6-8(2)13)12-11(14)10-9(15-3)4-5-16-10/h4-5,7-8,13H,6H2,1-3H3,(H,12,14). The lowest BCUT2D eigenvalue weighted by Gasteiger charge is -2.15. The van der Waals surface area contributed by atoms with Gasteiger partial charge in [0.1, 0.15) is 10.6 Å². The van der Waals surface area contributed by atoms with E-state index in [-0.39, 0.29) is 11.9 Å². The Hall–Kier alpha value is -1.07. The monoisotopic (exact) mass is 243 g/mol. The van der Waals surface area contributed by atoms with Crippen LogP contribution in [0.4, 0.5) is 0 Å². The van der Waals surface area contributed by atoms with Gasteiger partial charge in [0.2, 0.25) is 0 Å². The number of ether oxygens (including phenoxy) is 1. The van der Waals surface area contributed by atoms with Crippen molar-refractivity contribution in [2.75, 3.05) is 7.11 Å². The number of nitrogens with one attached hydrogen (secondary N) is 1. The lowest BCUT2D eigenvalue weighted by atomic mass is 10.1. The van der Waals surface area contributed by atoms with Gasteiger partial charge < -0.3 is 15.2 Å². The summed E-state index contributed by atoms with van der Waals surface area (Å²) >= 11 is 1.34. The number of hydrogen-bond donors (Lipinski definition) is 2. The van der Waals surface area contributed by atoms with Crippen LogP contribution in [-0.2, 0) is 0 Å². The number of carbonyl (C=O) groups is 1. The smallest absolute Gasteiger partial charge is 0.265 e. The Morgan fingerprint density at radius 2 is 2.31 bits per heavy atom. The predicted molar refractivity (Wildman–Crippen MR) is 64.1 cm³/mol. The first-order valence-corrected chi connectivity index (χ1v) is 6.03. The molecule has 0 aromatic carbocycles. The van der Waals surface area contributed by atoms with Gasteiger partial charge in [-0.2, -0.15) is 0 Å². The summed E-state index contributed by atoms with van der Waals surface area (Å²) in [5.41, 5.74) is 0. The number of amides is 1. The fourth-order valence-corrected chi connectivity index (χ4v) is 2.24. The highest BCUT2D eigenvalue weighted by Gasteiger charge is 2.16. The summed E-state index contributed by atoms with van der Waals surface area (Å²) in [5.74, 6) is 0.437. The van der Waals surface area contributed by atoms with E-state index in [1.54, 1.807) is 13.0 Å². The molecular formula is C11H17NO3S. The first kappa shape index (κ1) is 13.0. The summed E-state index contributed by atoms with van der Waals surface area (Å²) in [6.45, 7) is 3.57. The molecule has 16 heavy (non-hydrogen) atoms. The highest BCUT2D eigenvalue weighted by molar-refractivity contribution is 7.12. The van der Waals surface area contributed by atoms with Crippen molar-refractivity contribution in [2.45, 2.75) is 32.4 Å². The third-order valence-electron chi connectivity index (χ3n) is 2.13. The molecule has 0 aliphatic carbocycles. The second-order valence-electron chi connectivity index (χ2n) is 3.78. The molecule has 1 aromatic rings. The molecule has 0 fully saturated rings. The minimum Gasteiger partial charge on any atom is -0.495 e. The molecule has 1 heterocycles. The van der Waals surface area contributed by atoms with Gasteiger partial charge in [0.15, 0.2) is 0 Å².